The van der Waals surface area contributed by atoms with E-state index in [0.29, 0.717) is 33.0 Å². The highest BCUT2D eigenvalue weighted by atomic mass is 79.9. The molecule has 0 fully saturated rings. The van der Waals surface area contributed by atoms with Crippen molar-refractivity contribution in [3.63, 3.8) is 0 Å². The van der Waals surface area contributed by atoms with Gasteiger partial charge in [-0.3, -0.25) is 4.79 Å². The zero-order valence-electron chi connectivity index (χ0n) is 14.1. The number of amides is 1. The van der Waals surface area contributed by atoms with E-state index in [-0.39, 0.29) is 12.4 Å². The van der Waals surface area contributed by atoms with Crippen LogP contribution in [0.2, 0.25) is 0 Å². The van der Waals surface area contributed by atoms with Gasteiger partial charge in [0.05, 0.1) is 12.8 Å². The molecule has 26 heavy (non-hydrogen) atoms. The number of nitriles is 1. The fourth-order valence-corrected chi connectivity index (χ4v) is 2.89. The Hall–Kier alpha value is -2.98. The molecule has 0 saturated carbocycles. The first-order valence-electron chi connectivity index (χ1n) is 7.68. The Kier molecular flexibility index (Phi) is 5.14. The Labute approximate surface area is 159 Å². The number of benzene rings is 2. The first kappa shape index (κ1) is 17.8. The molecule has 1 N–H and O–H groups in total. The molecule has 7 heteroatoms. The minimum atomic E-state index is -0.527. The van der Waals surface area contributed by atoms with Gasteiger partial charge < -0.3 is 19.5 Å². The lowest BCUT2D eigenvalue weighted by Crippen LogP contribution is -2.14. The van der Waals surface area contributed by atoms with Gasteiger partial charge in [0.15, 0.2) is 11.5 Å². The molecular formula is C19H15BrN2O4. The molecule has 0 unspecified atom stereocenters. The van der Waals surface area contributed by atoms with Crippen molar-refractivity contribution in [1.29, 1.82) is 5.26 Å². The zero-order valence-corrected chi connectivity index (χ0v) is 15.7. The highest BCUT2D eigenvalue weighted by Crippen LogP contribution is 2.37. The van der Waals surface area contributed by atoms with Gasteiger partial charge in [-0.25, -0.2) is 0 Å². The fourth-order valence-electron chi connectivity index (χ4n) is 2.46. The molecule has 0 saturated heterocycles. The van der Waals surface area contributed by atoms with E-state index in [1.54, 1.807) is 24.3 Å². The van der Waals surface area contributed by atoms with E-state index in [9.17, 15) is 10.1 Å². The average molecular weight is 415 g/mol. The molecule has 2 aromatic carbocycles. The van der Waals surface area contributed by atoms with E-state index >= 15 is 0 Å². The van der Waals surface area contributed by atoms with Gasteiger partial charge in [0.25, 0.3) is 5.91 Å². The summed E-state index contributed by atoms with van der Waals surface area (Å²) in [6.07, 6.45) is 1.49. The van der Waals surface area contributed by atoms with Crippen molar-refractivity contribution >= 4 is 33.6 Å². The summed E-state index contributed by atoms with van der Waals surface area (Å²) in [4.78, 5) is 12.5. The van der Waals surface area contributed by atoms with Gasteiger partial charge in [0.1, 0.15) is 17.4 Å². The number of nitrogens with zero attached hydrogens (tertiary/aromatic N) is 1. The van der Waals surface area contributed by atoms with Crippen LogP contribution in [0, 0.1) is 18.3 Å². The van der Waals surface area contributed by atoms with Crippen LogP contribution in [0.4, 0.5) is 5.69 Å². The third-order valence-electron chi connectivity index (χ3n) is 3.76. The largest absolute Gasteiger partial charge is 0.495 e. The van der Waals surface area contributed by atoms with Gasteiger partial charge in [-0.1, -0.05) is 22.0 Å². The van der Waals surface area contributed by atoms with Crippen LogP contribution in [0.25, 0.3) is 6.08 Å². The molecule has 0 bridgehead atoms. The van der Waals surface area contributed by atoms with Crippen molar-refractivity contribution in [2.45, 2.75) is 6.92 Å². The van der Waals surface area contributed by atoms with E-state index < -0.39 is 5.91 Å². The summed E-state index contributed by atoms with van der Waals surface area (Å²) in [5.41, 5.74) is 2.05. The third kappa shape index (κ3) is 3.65. The number of carbonyl (C=O) groups is 1. The summed E-state index contributed by atoms with van der Waals surface area (Å²) in [5.74, 6) is 1.17. The summed E-state index contributed by atoms with van der Waals surface area (Å²) < 4.78 is 16.6. The molecule has 0 atom stereocenters. The van der Waals surface area contributed by atoms with Crippen molar-refractivity contribution in [3.8, 4) is 23.3 Å². The van der Waals surface area contributed by atoms with Gasteiger partial charge in [-0.05, 0) is 48.4 Å². The summed E-state index contributed by atoms with van der Waals surface area (Å²) in [6.45, 7) is 2.05. The molecule has 1 aliphatic rings. The molecule has 132 valence electrons. The summed E-state index contributed by atoms with van der Waals surface area (Å²) in [6, 6.07) is 10.8. The number of hydrogen-bond donors (Lipinski definition) is 1. The van der Waals surface area contributed by atoms with Crippen LogP contribution in [0.15, 0.2) is 40.4 Å². The summed E-state index contributed by atoms with van der Waals surface area (Å²) >= 11 is 3.41. The van der Waals surface area contributed by atoms with Crippen LogP contribution >= 0.6 is 15.9 Å². The molecule has 0 aromatic heterocycles. The number of hydrogen-bond acceptors (Lipinski definition) is 5. The molecule has 0 radical (unpaired) electrons. The van der Waals surface area contributed by atoms with Crippen LogP contribution in [-0.2, 0) is 4.79 Å². The number of anilines is 1. The van der Waals surface area contributed by atoms with E-state index in [0.717, 1.165) is 5.56 Å². The minimum Gasteiger partial charge on any atom is -0.495 e. The van der Waals surface area contributed by atoms with Gasteiger partial charge >= 0.3 is 0 Å². The number of ether oxygens (including phenoxy) is 3. The van der Waals surface area contributed by atoms with E-state index in [4.69, 9.17) is 14.2 Å². The monoisotopic (exact) mass is 414 g/mol. The first-order chi connectivity index (χ1) is 12.5. The van der Waals surface area contributed by atoms with Crippen molar-refractivity contribution in [2.75, 3.05) is 19.2 Å². The lowest BCUT2D eigenvalue weighted by atomic mass is 10.1. The Morgan fingerprint density at radius 2 is 2.04 bits per heavy atom. The normalized spacial score (nSPS) is 12.5. The molecule has 1 heterocycles. The Morgan fingerprint density at radius 1 is 1.31 bits per heavy atom. The lowest BCUT2D eigenvalue weighted by molar-refractivity contribution is -0.112. The van der Waals surface area contributed by atoms with Crippen molar-refractivity contribution in [1.82, 2.24) is 0 Å². The predicted octanol–water partition coefficient (Wildman–Crippen LogP) is 4.04. The summed E-state index contributed by atoms with van der Waals surface area (Å²) in [7, 11) is 1.52. The Bertz CT molecular complexity index is 947. The maximum atomic E-state index is 12.5. The van der Waals surface area contributed by atoms with Crippen molar-refractivity contribution in [2.24, 2.45) is 0 Å². The van der Waals surface area contributed by atoms with Gasteiger partial charge in [0.2, 0.25) is 6.79 Å². The number of halogens is 1. The van der Waals surface area contributed by atoms with E-state index in [2.05, 4.69) is 21.2 Å². The van der Waals surface area contributed by atoms with Crippen LogP contribution < -0.4 is 19.5 Å². The third-order valence-corrected chi connectivity index (χ3v) is 4.45. The highest BCUT2D eigenvalue weighted by molar-refractivity contribution is 9.10. The number of fused-ring (bicyclic) bond motifs is 1. The number of rotatable bonds is 4. The lowest BCUT2D eigenvalue weighted by Gasteiger charge is -2.11. The minimum absolute atomic E-state index is 0.0480. The number of methoxy groups -OCH3 is 1. The predicted molar refractivity (Wildman–Crippen MR) is 100 cm³/mol. The second-order valence-corrected chi connectivity index (χ2v) is 6.41. The second-order valence-electron chi connectivity index (χ2n) is 5.55. The van der Waals surface area contributed by atoms with Crippen LogP contribution in [0.5, 0.6) is 17.2 Å². The molecule has 1 aliphatic heterocycles. The van der Waals surface area contributed by atoms with Crippen molar-refractivity contribution in [3.05, 3.63) is 51.5 Å². The first-order valence-corrected chi connectivity index (χ1v) is 8.48. The van der Waals surface area contributed by atoms with Gasteiger partial charge in [-0.15, -0.1) is 0 Å². The molecule has 3 rings (SSSR count). The Morgan fingerprint density at radius 3 is 2.73 bits per heavy atom. The van der Waals surface area contributed by atoms with E-state index in [1.807, 2.05) is 19.1 Å². The maximum Gasteiger partial charge on any atom is 0.266 e. The van der Waals surface area contributed by atoms with Gasteiger partial charge in [-0.2, -0.15) is 5.26 Å². The standard InChI is InChI=1S/C19H15BrN2O4/c1-11-3-4-16(24-2)15(5-11)22-19(23)13(9-21)6-12-7-17-18(8-14(12)20)26-10-25-17/h3-8H,10H2,1-2H3,(H,22,23)/b13-6+. The zero-order chi connectivity index (χ0) is 18.7. The molecule has 6 nitrogen and oxygen atoms in total. The second kappa shape index (κ2) is 7.50. The number of aryl methyl sites for hydroxylation is 1. The maximum absolute atomic E-state index is 12.5. The van der Waals surface area contributed by atoms with Crippen LogP contribution in [-0.4, -0.2) is 19.8 Å². The molecule has 1 amide bonds. The molecule has 2 aromatic rings. The molecule has 0 spiro atoms. The van der Waals surface area contributed by atoms with Crippen molar-refractivity contribution < 1.29 is 19.0 Å². The number of nitrogens with one attached hydrogen (secondary N) is 1. The summed E-state index contributed by atoms with van der Waals surface area (Å²) in [5, 5.41) is 12.1. The topological polar surface area (TPSA) is 80.6 Å². The molecule has 0 aliphatic carbocycles. The fraction of sp³-hybridized carbons (Fsp3) is 0.158. The molecular weight excluding hydrogens is 400 g/mol. The van der Waals surface area contributed by atoms with Crippen LogP contribution in [0.1, 0.15) is 11.1 Å². The average Bonchev–Trinajstić information content (AvgIpc) is 3.06. The van der Waals surface area contributed by atoms with Crippen LogP contribution in [0.3, 0.4) is 0 Å². The van der Waals surface area contributed by atoms with Gasteiger partial charge in [0, 0.05) is 4.47 Å². The SMILES string of the molecule is COc1ccc(C)cc1NC(=O)/C(C#N)=C/c1cc2c(cc1Br)OCO2. The number of carbonyl (C=O) groups excluding carboxylic acids is 1. The van der Waals surface area contributed by atoms with E-state index in [1.165, 1.54) is 13.2 Å². The Balaban J connectivity index is 1.90. The smallest absolute Gasteiger partial charge is 0.266 e. The highest BCUT2D eigenvalue weighted by Gasteiger charge is 2.18. The quantitative estimate of drug-likeness (QED) is 0.602.